The summed E-state index contributed by atoms with van der Waals surface area (Å²) in [6.45, 7) is 1.11. The Morgan fingerprint density at radius 2 is 2.43 bits per heavy atom. The maximum Gasteiger partial charge on any atom is 0.404 e. The van der Waals surface area contributed by atoms with Gasteiger partial charge in [0.15, 0.2) is 0 Å². The molecule has 0 aromatic carbocycles. The Morgan fingerprint density at radius 1 is 1.71 bits per heavy atom. The molecule has 14 heavy (non-hydrogen) atoms. The summed E-state index contributed by atoms with van der Waals surface area (Å²) in [6.07, 6.45) is 1.51. The van der Waals surface area contributed by atoms with Gasteiger partial charge in [-0.1, -0.05) is 0 Å². The summed E-state index contributed by atoms with van der Waals surface area (Å²) in [5, 5.41) is 0. The van der Waals surface area contributed by atoms with Crippen LogP contribution >= 0.6 is 0 Å². The van der Waals surface area contributed by atoms with Gasteiger partial charge >= 0.3 is 6.09 Å². The van der Waals surface area contributed by atoms with E-state index in [-0.39, 0.29) is 5.91 Å². The topological polar surface area (TPSA) is 72.6 Å². The third-order valence-electron chi connectivity index (χ3n) is 2.53. The first-order valence-electron chi connectivity index (χ1n) is 4.76. The highest BCUT2D eigenvalue weighted by atomic mass is 16.5. The van der Waals surface area contributed by atoms with Crippen molar-refractivity contribution in [2.45, 2.75) is 19.3 Å². The number of hydrogen-bond donors (Lipinski definition) is 1. The van der Waals surface area contributed by atoms with Crippen molar-refractivity contribution < 1.29 is 14.3 Å². The van der Waals surface area contributed by atoms with Crippen molar-refractivity contribution in [2.24, 2.45) is 11.7 Å². The van der Waals surface area contributed by atoms with Gasteiger partial charge in [-0.2, -0.15) is 0 Å². The number of carbonyl (C=O) groups is 2. The molecule has 5 heteroatoms. The summed E-state index contributed by atoms with van der Waals surface area (Å²) in [7, 11) is 1.80. The fourth-order valence-corrected chi connectivity index (χ4v) is 1.58. The lowest BCUT2D eigenvalue weighted by Gasteiger charge is -2.28. The van der Waals surface area contributed by atoms with Crippen LogP contribution in [0.1, 0.15) is 19.3 Å². The number of primary amides is 1. The van der Waals surface area contributed by atoms with Gasteiger partial charge in [-0.05, 0) is 18.8 Å². The number of carbonyl (C=O) groups excluding carboxylic acids is 2. The van der Waals surface area contributed by atoms with Crippen LogP contribution in [0, 0.1) is 5.92 Å². The van der Waals surface area contributed by atoms with Gasteiger partial charge in [0.1, 0.15) is 0 Å². The summed E-state index contributed by atoms with van der Waals surface area (Å²) in [5.41, 5.74) is 4.82. The Hall–Kier alpha value is -1.26. The second-order valence-electron chi connectivity index (χ2n) is 3.63. The summed E-state index contributed by atoms with van der Waals surface area (Å²) >= 11 is 0. The van der Waals surface area contributed by atoms with E-state index in [0.29, 0.717) is 18.9 Å². The van der Waals surface area contributed by atoms with E-state index in [2.05, 4.69) is 4.74 Å². The molecule has 5 nitrogen and oxygen atoms in total. The SMILES string of the molecule is CN1CCC(CCOC(N)=O)CC1=O. The third kappa shape index (κ3) is 3.24. The Balaban J connectivity index is 2.20. The zero-order valence-electron chi connectivity index (χ0n) is 8.36. The molecule has 1 unspecified atom stereocenters. The van der Waals surface area contributed by atoms with Gasteiger partial charge < -0.3 is 15.4 Å². The van der Waals surface area contributed by atoms with E-state index < -0.39 is 6.09 Å². The normalized spacial score (nSPS) is 22.2. The standard InChI is InChI=1S/C9H16N2O3/c1-11-4-2-7(6-8(11)12)3-5-14-9(10)13/h7H,2-6H2,1H3,(H2,10,13). The number of nitrogens with zero attached hydrogens (tertiary/aromatic N) is 1. The number of rotatable bonds is 3. The zero-order valence-corrected chi connectivity index (χ0v) is 8.36. The number of amides is 2. The van der Waals surface area contributed by atoms with E-state index >= 15 is 0 Å². The highest BCUT2D eigenvalue weighted by molar-refractivity contribution is 5.76. The van der Waals surface area contributed by atoms with Crippen molar-refractivity contribution in [1.29, 1.82) is 0 Å². The summed E-state index contributed by atoms with van der Waals surface area (Å²) in [6, 6.07) is 0. The molecule has 2 amide bonds. The van der Waals surface area contributed by atoms with Crippen molar-refractivity contribution in [3.63, 3.8) is 0 Å². The average molecular weight is 200 g/mol. The van der Waals surface area contributed by atoms with Crippen LogP contribution < -0.4 is 5.73 Å². The molecule has 1 rings (SSSR count). The molecule has 0 bridgehead atoms. The van der Waals surface area contributed by atoms with Crippen LogP contribution in [0.15, 0.2) is 0 Å². The number of nitrogens with two attached hydrogens (primary N) is 1. The van der Waals surface area contributed by atoms with E-state index in [1.807, 2.05) is 0 Å². The maximum atomic E-state index is 11.3. The first kappa shape index (κ1) is 10.8. The number of likely N-dealkylation sites (tertiary alicyclic amines) is 1. The fraction of sp³-hybridized carbons (Fsp3) is 0.778. The smallest absolute Gasteiger partial charge is 0.404 e. The van der Waals surface area contributed by atoms with Gasteiger partial charge in [-0.3, -0.25) is 4.79 Å². The average Bonchev–Trinajstić information content (AvgIpc) is 2.10. The summed E-state index contributed by atoms with van der Waals surface area (Å²) < 4.78 is 4.62. The van der Waals surface area contributed by atoms with Crippen molar-refractivity contribution in [2.75, 3.05) is 20.2 Å². The van der Waals surface area contributed by atoms with Crippen LogP contribution in [0.4, 0.5) is 4.79 Å². The molecule has 1 fully saturated rings. The van der Waals surface area contributed by atoms with Gasteiger partial charge in [0.2, 0.25) is 5.91 Å². The van der Waals surface area contributed by atoms with Gasteiger partial charge in [-0.25, -0.2) is 4.79 Å². The molecule has 1 heterocycles. The van der Waals surface area contributed by atoms with Crippen molar-refractivity contribution in [3.05, 3.63) is 0 Å². The maximum absolute atomic E-state index is 11.3. The molecule has 0 spiro atoms. The van der Waals surface area contributed by atoms with Gasteiger partial charge in [0, 0.05) is 20.0 Å². The molecular weight excluding hydrogens is 184 g/mol. The van der Waals surface area contributed by atoms with Crippen molar-refractivity contribution >= 4 is 12.0 Å². The van der Waals surface area contributed by atoms with Crippen LogP contribution in [0.3, 0.4) is 0 Å². The van der Waals surface area contributed by atoms with E-state index in [9.17, 15) is 9.59 Å². The highest BCUT2D eigenvalue weighted by Crippen LogP contribution is 2.20. The molecule has 0 radical (unpaired) electrons. The Morgan fingerprint density at radius 3 is 3.00 bits per heavy atom. The minimum Gasteiger partial charge on any atom is -0.450 e. The third-order valence-corrected chi connectivity index (χ3v) is 2.53. The van der Waals surface area contributed by atoms with Crippen LogP contribution in [0.2, 0.25) is 0 Å². The number of hydrogen-bond acceptors (Lipinski definition) is 3. The molecule has 2 N–H and O–H groups in total. The molecule has 1 saturated heterocycles. The first-order chi connectivity index (χ1) is 6.59. The monoisotopic (exact) mass is 200 g/mol. The molecule has 0 aromatic rings. The lowest BCUT2D eigenvalue weighted by Crippen LogP contribution is -2.36. The second-order valence-corrected chi connectivity index (χ2v) is 3.63. The highest BCUT2D eigenvalue weighted by Gasteiger charge is 2.22. The van der Waals surface area contributed by atoms with Crippen LogP contribution in [0.25, 0.3) is 0 Å². The predicted octanol–water partition coefficient (Wildman–Crippen LogP) is 0.340. The summed E-state index contributed by atoms with van der Waals surface area (Å²) in [5.74, 6) is 0.498. The van der Waals surface area contributed by atoms with Gasteiger partial charge in [-0.15, -0.1) is 0 Å². The minimum atomic E-state index is -0.746. The lowest BCUT2D eigenvalue weighted by molar-refractivity contribution is -0.133. The molecule has 1 aliphatic rings. The molecule has 1 aliphatic heterocycles. The Kier molecular flexibility index (Phi) is 3.73. The predicted molar refractivity (Wildman–Crippen MR) is 50.5 cm³/mol. The summed E-state index contributed by atoms with van der Waals surface area (Å²) in [4.78, 5) is 23.3. The van der Waals surface area contributed by atoms with E-state index in [0.717, 1.165) is 19.4 Å². The van der Waals surface area contributed by atoms with Crippen molar-refractivity contribution in [3.8, 4) is 0 Å². The molecular formula is C9H16N2O3. The van der Waals surface area contributed by atoms with Crippen molar-refractivity contribution in [1.82, 2.24) is 4.90 Å². The molecule has 0 aliphatic carbocycles. The molecule has 0 saturated carbocycles. The lowest BCUT2D eigenvalue weighted by atomic mass is 9.94. The molecule has 80 valence electrons. The second kappa shape index (κ2) is 4.83. The number of ether oxygens (including phenoxy) is 1. The van der Waals surface area contributed by atoms with E-state index in [1.165, 1.54) is 0 Å². The van der Waals surface area contributed by atoms with Crippen LogP contribution in [0.5, 0.6) is 0 Å². The fourth-order valence-electron chi connectivity index (χ4n) is 1.58. The van der Waals surface area contributed by atoms with Crippen LogP contribution in [-0.2, 0) is 9.53 Å². The van der Waals surface area contributed by atoms with Gasteiger partial charge in [0.25, 0.3) is 0 Å². The van der Waals surface area contributed by atoms with Crippen LogP contribution in [-0.4, -0.2) is 37.1 Å². The number of piperidine rings is 1. The largest absolute Gasteiger partial charge is 0.450 e. The quantitative estimate of drug-likeness (QED) is 0.714. The van der Waals surface area contributed by atoms with Gasteiger partial charge in [0.05, 0.1) is 6.61 Å². The minimum absolute atomic E-state index is 0.167. The molecule has 0 aromatic heterocycles. The van der Waals surface area contributed by atoms with E-state index in [4.69, 9.17) is 5.73 Å². The first-order valence-corrected chi connectivity index (χ1v) is 4.76. The molecule has 1 atom stereocenters. The Bertz CT molecular complexity index is 230. The zero-order chi connectivity index (χ0) is 10.6. The van der Waals surface area contributed by atoms with E-state index in [1.54, 1.807) is 11.9 Å². The Labute approximate surface area is 83.2 Å².